The van der Waals surface area contributed by atoms with Crippen molar-refractivity contribution in [3.8, 4) is 17.1 Å². The van der Waals surface area contributed by atoms with Gasteiger partial charge < -0.3 is 24.5 Å². The van der Waals surface area contributed by atoms with Gasteiger partial charge in [0.05, 0.1) is 23.5 Å². The van der Waals surface area contributed by atoms with Gasteiger partial charge in [0.2, 0.25) is 0 Å². The SMILES string of the molecule is COCCNc1c(Cl)cnc2nc(-c3cc(C)n(-c4ccc5c(c4)CN(C)CC5)c3C)[nH]c12. The summed E-state index contributed by atoms with van der Waals surface area (Å²) in [6, 6.07) is 9.01. The van der Waals surface area contributed by atoms with Crippen LogP contribution in [0.4, 0.5) is 5.69 Å². The monoisotopic (exact) mass is 464 g/mol. The predicted molar refractivity (Wildman–Crippen MR) is 134 cm³/mol. The molecule has 0 amide bonds. The summed E-state index contributed by atoms with van der Waals surface area (Å²) in [6.07, 6.45) is 2.74. The van der Waals surface area contributed by atoms with Crippen molar-refractivity contribution in [2.24, 2.45) is 0 Å². The third-order valence-electron chi connectivity index (χ3n) is 6.42. The lowest BCUT2D eigenvalue weighted by Gasteiger charge is -2.25. The lowest BCUT2D eigenvalue weighted by Crippen LogP contribution is -2.26. The van der Waals surface area contributed by atoms with Crippen molar-refractivity contribution in [3.05, 3.63) is 58.0 Å². The maximum atomic E-state index is 6.43. The lowest BCUT2D eigenvalue weighted by atomic mass is 9.99. The molecule has 172 valence electrons. The Bertz CT molecular complexity index is 1320. The quantitative estimate of drug-likeness (QED) is 0.403. The van der Waals surface area contributed by atoms with Crippen molar-refractivity contribution in [2.45, 2.75) is 26.8 Å². The fourth-order valence-corrected chi connectivity index (χ4v) is 4.95. The van der Waals surface area contributed by atoms with E-state index in [2.05, 4.69) is 69.9 Å². The Hall–Kier alpha value is -2.87. The molecule has 0 saturated carbocycles. The number of ether oxygens (including phenoxy) is 1. The summed E-state index contributed by atoms with van der Waals surface area (Å²) in [5, 5.41) is 3.89. The molecule has 0 fully saturated rings. The van der Waals surface area contributed by atoms with Crippen molar-refractivity contribution in [3.63, 3.8) is 0 Å². The number of anilines is 1. The zero-order valence-corrected chi connectivity index (χ0v) is 20.3. The zero-order chi connectivity index (χ0) is 23.1. The normalized spacial score (nSPS) is 14.1. The van der Waals surface area contributed by atoms with Gasteiger partial charge in [-0.2, -0.15) is 0 Å². The smallest absolute Gasteiger partial charge is 0.180 e. The van der Waals surface area contributed by atoms with Crippen LogP contribution in [-0.2, 0) is 17.7 Å². The molecule has 0 spiro atoms. The number of aromatic nitrogens is 4. The van der Waals surface area contributed by atoms with E-state index < -0.39 is 0 Å². The van der Waals surface area contributed by atoms with Crippen LogP contribution in [0.2, 0.25) is 5.02 Å². The van der Waals surface area contributed by atoms with E-state index in [9.17, 15) is 0 Å². The van der Waals surface area contributed by atoms with Crippen molar-refractivity contribution < 1.29 is 4.74 Å². The highest BCUT2D eigenvalue weighted by molar-refractivity contribution is 6.34. The second-order valence-electron chi connectivity index (χ2n) is 8.75. The molecule has 4 aromatic rings. The number of aryl methyl sites for hydroxylation is 1. The Labute approximate surface area is 198 Å². The van der Waals surface area contributed by atoms with Crippen LogP contribution in [0, 0.1) is 13.8 Å². The van der Waals surface area contributed by atoms with Crippen LogP contribution >= 0.6 is 11.6 Å². The number of hydrogen-bond acceptors (Lipinski definition) is 5. The summed E-state index contributed by atoms with van der Waals surface area (Å²) in [6.45, 7) is 7.61. The fraction of sp³-hybridized carbons (Fsp3) is 0.360. The minimum Gasteiger partial charge on any atom is -0.383 e. The van der Waals surface area contributed by atoms with Crippen LogP contribution in [0.5, 0.6) is 0 Å². The summed E-state index contributed by atoms with van der Waals surface area (Å²) in [5.41, 5.74) is 9.63. The van der Waals surface area contributed by atoms with Crippen LogP contribution in [0.1, 0.15) is 22.5 Å². The first-order valence-electron chi connectivity index (χ1n) is 11.2. The number of rotatable bonds is 6. The van der Waals surface area contributed by atoms with Gasteiger partial charge in [0.25, 0.3) is 0 Å². The molecule has 0 aliphatic carbocycles. The third kappa shape index (κ3) is 4.01. The molecule has 1 aliphatic rings. The molecule has 4 heterocycles. The molecule has 1 aromatic carbocycles. The highest BCUT2D eigenvalue weighted by Gasteiger charge is 2.19. The largest absolute Gasteiger partial charge is 0.383 e. The van der Waals surface area contributed by atoms with Crippen LogP contribution in [0.25, 0.3) is 28.2 Å². The molecule has 5 rings (SSSR count). The average molecular weight is 465 g/mol. The Morgan fingerprint density at radius 2 is 2.06 bits per heavy atom. The Morgan fingerprint density at radius 3 is 2.88 bits per heavy atom. The Balaban J connectivity index is 1.55. The van der Waals surface area contributed by atoms with Crippen molar-refractivity contribution in [2.75, 3.05) is 39.2 Å². The van der Waals surface area contributed by atoms with Crippen LogP contribution in [0.15, 0.2) is 30.5 Å². The first-order valence-corrected chi connectivity index (χ1v) is 11.6. The van der Waals surface area contributed by atoms with Gasteiger partial charge in [-0.25, -0.2) is 9.97 Å². The average Bonchev–Trinajstić information content (AvgIpc) is 3.35. The molecule has 0 atom stereocenters. The number of benzene rings is 1. The highest BCUT2D eigenvalue weighted by atomic mass is 35.5. The molecule has 0 radical (unpaired) electrons. The van der Waals surface area contributed by atoms with E-state index in [1.807, 2.05) is 0 Å². The van der Waals surface area contributed by atoms with Crippen LogP contribution < -0.4 is 5.32 Å². The number of methoxy groups -OCH3 is 1. The molecule has 0 bridgehead atoms. The van der Waals surface area contributed by atoms with E-state index in [0.29, 0.717) is 23.8 Å². The summed E-state index contributed by atoms with van der Waals surface area (Å²) >= 11 is 6.43. The molecule has 1 aliphatic heterocycles. The van der Waals surface area contributed by atoms with Gasteiger partial charge in [0.1, 0.15) is 11.3 Å². The van der Waals surface area contributed by atoms with Gasteiger partial charge in [-0.05, 0) is 56.6 Å². The molecule has 7 nitrogen and oxygen atoms in total. The topological polar surface area (TPSA) is 71.0 Å². The maximum absolute atomic E-state index is 6.43. The van der Waals surface area contributed by atoms with Crippen LogP contribution in [0.3, 0.4) is 0 Å². The van der Waals surface area contributed by atoms with Gasteiger partial charge in [0, 0.05) is 49.4 Å². The number of nitrogens with zero attached hydrogens (tertiary/aromatic N) is 4. The summed E-state index contributed by atoms with van der Waals surface area (Å²) in [4.78, 5) is 15.0. The summed E-state index contributed by atoms with van der Waals surface area (Å²) in [7, 11) is 3.86. The zero-order valence-electron chi connectivity index (χ0n) is 19.5. The minimum absolute atomic E-state index is 0.554. The van der Waals surface area contributed by atoms with E-state index in [1.165, 1.54) is 16.8 Å². The van der Waals surface area contributed by atoms with Gasteiger partial charge in [-0.15, -0.1) is 0 Å². The molecular formula is C25H29ClN6O. The van der Waals surface area contributed by atoms with Crippen LogP contribution in [-0.4, -0.2) is 58.3 Å². The summed E-state index contributed by atoms with van der Waals surface area (Å²) in [5.74, 6) is 0.784. The number of halogens is 1. The first-order chi connectivity index (χ1) is 16.0. The van der Waals surface area contributed by atoms with Gasteiger partial charge in [-0.1, -0.05) is 17.7 Å². The lowest BCUT2D eigenvalue weighted by molar-refractivity contribution is 0.211. The number of pyridine rings is 1. The second-order valence-corrected chi connectivity index (χ2v) is 9.15. The number of imidazole rings is 1. The number of likely N-dealkylation sites (N-methyl/N-ethyl adjacent to an activating group) is 1. The highest BCUT2D eigenvalue weighted by Crippen LogP contribution is 2.33. The second kappa shape index (κ2) is 8.82. The van der Waals surface area contributed by atoms with Gasteiger partial charge in [0.15, 0.2) is 5.65 Å². The van der Waals surface area contributed by atoms with E-state index >= 15 is 0 Å². The number of nitrogens with one attached hydrogen (secondary N) is 2. The number of hydrogen-bond donors (Lipinski definition) is 2. The third-order valence-corrected chi connectivity index (χ3v) is 6.71. The Morgan fingerprint density at radius 1 is 1.21 bits per heavy atom. The van der Waals surface area contributed by atoms with E-state index in [4.69, 9.17) is 21.3 Å². The minimum atomic E-state index is 0.554. The first kappa shape index (κ1) is 21.9. The number of fused-ring (bicyclic) bond motifs is 2. The number of aromatic amines is 1. The molecule has 8 heteroatoms. The van der Waals surface area contributed by atoms with Gasteiger partial charge >= 0.3 is 0 Å². The standard InChI is InChI=1S/C25H29ClN6O/c1-15-11-20(16(2)32(15)19-6-5-17-7-9-31(3)14-18(17)12-19)24-29-23-22(27-8-10-33-4)21(26)13-28-25(23)30-24/h5-6,11-13H,7-10,14H2,1-4H3,(H2,27,28,29,30). The van der Waals surface area contributed by atoms with E-state index in [1.54, 1.807) is 13.3 Å². The maximum Gasteiger partial charge on any atom is 0.180 e. The van der Waals surface area contributed by atoms with E-state index in [0.717, 1.165) is 53.5 Å². The molecule has 0 saturated heterocycles. The van der Waals surface area contributed by atoms with Crippen molar-refractivity contribution >= 4 is 28.5 Å². The predicted octanol–water partition coefficient (Wildman–Crippen LogP) is 4.73. The molecule has 33 heavy (non-hydrogen) atoms. The molecular weight excluding hydrogens is 436 g/mol. The van der Waals surface area contributed by atoms with Crippen molar-refractivity contribution in [1.29, 1.82) is 0 Å². The van der Waals surface area contributed by atoms with Gasteiger partial charge in [-0.3, -0.25) is 0 Å². The summed E-state index contributed by atoms with van der Waals surface area (Å²) < 4.78 is 7.45. The Kier molecular flexibility index (Phi) is 5.86. The fourth-order valence-electron chi connectivity index (χ4n) is 4.74. The number of H-pyrrole nitrogens is 1. The molecule has 0 unspecified atom stereocenters. The molecule has 3 aromatic heterocycles. The molecule has 2 N–H and O–H groups in total. The van der Waals surface area contributed by atoms with E-state index in [-0.39, 0.29) is 0 Å². The van der Waals surface area contributed by atoms with Crippen molar-refractivity contribution in [1.82, 2.24) is 24.4 Å².